The van der Waals surface area contributed by atoms with Crippen LogP contribution in [-0.4, -0.2) is 4.98 Å². The molecule has 0 aliphatic heterocycles. The highest BCUT2D eigenvalue weighted by Crippen LogP contribution is 2.17. The van der Waals surface area contributed by atoms with Crippen LogP contribution in [0.4, 0.5) is 0 Å². The van der Waals surface area contributed by atoms with E-state index in [1.807, 2.05) is 13.0 Å². The first-order valence-electron chi connectivity index (χ1n) is 4.09. The highest BCUT2D eigenvalue weighted by Gasteiger charge is 2.05. The van der Waals surface area contributed by atoms with E-state index in [1.54, 1.807) is 0 Å². The molecule has 0 bridgehead atoms. The Hall–Kier alpha value is -1.29. The maximum Gasteiger partial charge on any atom is 0.116 e. The van der Waals surface area contributed by atoms with Crippen molar-refractivity contribution in [1.29, 1.82) is 0 Å². The van der Waals surface area contributed by atoms with Gasteiger partial charge in [0.2, 0.25) is 0 Å². The lowest BCUT2D eigenvalue weighted by Crippen LogP contribution is -1.96. The van der Waals surface area contributed by atoms with Crippen molar-refractivity contribution in [2.24, 2.45) is 0 Å². The Morgan fingerprint density at radius 2 is 2.08 bits per heavy atom. The van der Waals surface area contributed by atoms with E-state index in [0.29, 0.717) is 5.92 Å². The molecule has 1 aromatic heterocycles. The van der Waals surface area contributed by atoms with Crippen LogP contribution < -0.4 is 0 Å². The van der Waals surface area contributed by atoms with Crippen molar-refractivity contribution in [3.05, 3.63) is 29.1 Å². The van der Waals surface area contributed by atoms with Crippen LogP contribution in [0, 0.1) is 19.3 Å². The summed E-state index contributed by atoms with van der Waals surface area (Å²) >= 11 is 0. The fourth-order valence-corrected chi connectivity index (χ4v) is 1.15. The Balaban J connectivity index is 3.23. The summed E-state index contributed by atoms with van der Waals surface area (Å²) in [7, 11) is 0. The SMILES string of the molecule is C#Cc1nc(C)ccc1C(C)C. The second kappa shape index (κ2) is 3.40. The predicted molar refractivity (Wildman–Crippen MR) is 51.0 cm³/mol. The zero-order valence-corrected chi connectivity index (χ0v) is 7.76. The van der Waals surface area contributed by atoms with Gasteiger partial charge in [0.05, 0.1) is 0 Å². The number of aromatic nitrogens is 1. The summed E-state index contributed by atoms with van der Waals surface area (Å²) in [5, 5.41) is 0. The van der Waals surface area contributed by atoms with Gasteiger partial charge < -0.3 is 0 Å². The largest absolute Gasteiger partial charge is 0.244 e. The van der Waals surface area contributed by atoms with Gasteiger partial charge in [-0.3, -0.25) is 0 Å². The first-order chi connectivity index (χ1) is 5.65. The first kappa shape index (κ1) is 8.80. The van der Waals surface area contributed by atoms with Crippen LogP contribution in [0.2, 0.25) is 0 Å². The summed E-state index contributed by atoms with van der Waals surface area (Å²) in [6.07, 6.45) is 5.34. The van der Waals surface area contributed by atoms with Gasteiger partial charge in [0.1, 0.15) is 5.69 Å². The van der Waals surface area contributed by atoms with Crippen LogP contribution in [0.15, 0.2) is 12.1 Å². The van der Waals surface area contributed by atoms with Crippen LogP contribution in [0.3, 0.4) is 0 Å². The van der Waals surface area contributed by atoms with Crippen molar-refractivity contribution < 1.29 is 0 Å². The predicted octanol–water partition coefficient (Wildman–Crippen LogP) is 2.49. The Morgan fingerprint density at radius 3 is 2.58 bits per heavy atom. The summed E-state index contributed by atoms with van der Waals surface area (Å²) < 4.78 is 0. The minimum absolute atomic E-state index is 0.448. The molecule has 0 spiro atoms. The summed E-state index contributed by atoms with van der Waals surface area (Å²) in [6.45, 7) is 6.19. The molecule has 0 aliphatic carbocycles. The molecule has 0 amide bonds. The van der Waals surface area contributed by atoms with Gasteiger partial charge in [-0.25, -0.2) is 4.98 Å². The molecule has 0 fully saturated rings. The summed E-state index contributed by atoms with van der Waals surface area (Å²) in [5.41, 5.74) is 2.92. The normalized spacial score (nSPS) is 9.92. The van der Waals surface area contributed by atoms with E-state index in [1.165, 1.54) is 0 Å². The molecule has 0 unspecified atom stereocenters. The molecule has 0 aromatic carbocycles. The van der Waals surface area contributed by atoms with Crippen LogP contribution in [0.25, 0.3) is 0 Å². The third-order valence-electron chi connectivity index (χ3n) is 1.82. The van der Waals surface area contributed by atoms with Crippen molar-refractivity contribution in [2.45, 2.75) is 26.7 Å². The third kappa shape index (κ3) is 1.65. The summed E-state index contributed by atoms with van der Waals surface area (Å²) in [5.74, 6) is 3.05. The van der Waals surface area contributed by atoms with E-state index in [2.05, 4.69) is 30.8 Å². The molecule has 0 atom stereocenters. The van der Waals surface area contributed by atoms with Crippen LogP contribution in [-0.2, 0) is 0 Å². The van der Waals surface area contributed by atoms with Gasteiger partial charge in [-0.15, -0.1) is 6.42 Å². The number of hydrogen-bond acceptors (Lipinski definition) is 1. The fraction of sp³-hybridized carbons (Fsp3) is 0.364. The Morgan fingerprint density at radius 1 is 1.42 bits per heavy atom. The second-order valence-corrected chi connectivity index (χ2v) is 3.19. The molecular formula is C11H13N. The fourth-order valence-electron chi connectivity index (χ4n) is 1.15. The highest BCUT2D eigenvalue weighted by molar-refractivity contribution is 5.36. The molecule has 1 nitrogen and oxygen atoms in total. The summed E-state index contributed by atoms with van der Waals surface area (Å²) in [4.78, 5) is 4.28. The molecule has 1 heteroatoms. The molecule has 1 heterocycles. The third-order valence-corrected chi connectivity index (χ3v) is 1.82. The van der Waals surface area contributed by atoms with E-state index in [4.69, 9.17) is 6.42 Å². The van der Waals surface area contributed by atoms with Crippen molar-refractivity contribution in [3.63, 3.8) is 0 Å². The van der Waals surface area contributed by atoms with E-state index in [0.717, 1.165) is 17.0 Å². The molecule has 62 valence electrons. The molecule has 1 rings (SSSR count). The molecule has 0 radical (unpaired) electrons. The molecular weight excluding hydrogens is 146 g/mol. The summed E-state index contributed by atoms with van der Waals surface area (Å²) in [6, 6.07) is 4.05. The Labute approximate surface area is 73.8 Å². The van der Waals surface area contributed by atoms with Gasteiger partial charge in [-0.2, -0.15) is 0 Å². The molecule has 0 saturated heterocycles. The number of hydrogen-bond donors (Lipinski definition) is 0. The monoisotopic (exact) mass is 159 g/mol. The van der Waals surface area contributed by atoms with Gasteiger partial charge in [0, 0.05) is 5.69 Å². The Bertz CT molecular complexity index is 318. The zero-order chi connectivity index (χ0) is 9.14. The van der Waals surface area contributed by atoms with Crippen molar-refractivity contribution in [2.75, 3.05) is 0 Å². The topological polar surface area (TPSA) is 12.9 Å². The van der Waals surface area contributed by atoms with Gasteiger partial charge in [-0.05, 0) is 30.4 Å². The van der Waals surface area contributed by atoms with Gasteiger partial charge in [0.15, 0.2) is 0 Å². The molecule has 0 aliphatic rings. The van der Waals surface area contributed by atoms with E-state index in [9.17, 15) is 0 Å². The van der Waals surface area contributed by atoms with Gasteiger partial charge in [-0.1, -0.05) is 19.9 Å². The van der Waals surface area contributed by atoms with Crippen LogP contribution in [0.5, 0.6) is 0 Å². The first-order valence-corrected chi connectivity index (χ1v) is 4.09. The number of aryl methyl sites for hydroxylation is 1. The number of terminal acetylenes is 1. The average Bonchev–Trinajstić information content (AvgIpc) is 2.03. The van der Waals surface area contributed by atoms with Crippen molar-refractivity contribution >= 4 is 0 Å². The molecule has 1 aromatic rings. The minimum atomic E-state index is 0.448. The van der Waals surface area contributed by atoms with Crippen LogP contribution >= 0.6 is 0 Å². The number of pyridine rings is 1. The standard InChI is InChI=1S/C11H13N/c1-5-11-10(8(2)3)7-6-9(4)12-11/h1,6-8H,2-4H3. The maximum atomic E-state index is 5.34. The van der Waals surface area contributed by atoms with Gasteiger partial charge in [0.25, 0.3) is 0 Å². The van der Waals surface area contributed by atoms with Crippen molar-refractivity contribution in [1.82, 2.24) is 4.98 Å². The van der Waals surface area contributed by atoms with E-state index < -0.39 is 0 Å². The quantitative estimate of drug-likeness (QED) is 0.574. The average molecular weight is 159 g/mol. The van der Waals surface area contributed by atoms with Crippen LogP contribution in [0.1, 0.15) is 36.7 Å². The zero-order valence-electron chi connectivity index (χ0n) is 7.76. The lowest BCUT2D eigenvalue weighted by atomic mass is 10.0. The number of nitrogens with zero attached hydrogens (tertiary/aromatic N) is 1. The molecule has 12 heavy (non-hydrogen) atoms. The number of rotatable bonds is 1. The lowest BCUT2D eigenvalue weighted by Gasteiger charge is -2.07. The van der Waals surface area contributed by atoms with E-state index in [-0.39, 0.29) is 0 Å². The van der Waals surface area contributed by atoms with E-state index >= 15 is 0 Å². The highest BCUT2D eigenvalue weighted by atomic mass is 14.7. The molecule has 0 N–H and O–H groups in total. The molecule has 0 saturated carbocycles. The van der Waals surface area contributed by atoms with Gasteiger partial charge >= 0.3 is 0 Å². The smallest absolute Gasteiger partial charge is 0.116 e. The lowest BCUT2D eigenvalue weighted by molar-refractivity contribution is 0.850. The maximum absolute atomic E-state index is 5.34. The minimum Gasteiger partial charge on any atom is -0.244 e. The second-order valence-electron chi connectivity index (χ2n) is 3.19. The van der Waals surface area contributed by atoms with Crippen molar-refractivity contribution in [3.8, 4) is 12.3 Å². The Kier molecular flexibility index (Phi) is 2.50.